The van der Waals surface area contributed by atoms with Crippen molar-refractivity contribution in [2.75, 3.05) is 12.9 Å². The monoisotopic (exact) mass is 275 g/mol. The van der Waals surface area contributed by atoms with Crippen LogP contribution in [0.15, 0.2) is 0 Å². The third kappa shape index (κ3) is 3.16. The maximum absolute atomic E-state index is 12.3. The third-order valence-electron chi connectivity index (χ3n) is 2.60. The summed E-state index contributed by atoms with van der Waals surface area (Å²) in [6.45, 7) is 7.97. The number of alkyl halides is 1. The Balaban J connectivity index is 3.02. The number of hydrogen-bond acceptors (Lipinski definition) is 4. The van der Waals surface area contributed by atoms with Gasteiger partial charge in [-0.3, -0.25) is 4.79 Å². The molecular formula is C11H18ClN3OS. The van der Waals surface area contributed by atoms with Gasteiger partial charge in [0.1, 0.15) is 4.88 Å². The van der Waals surface area contributed by atoms with Gasteiger partial charge in [-0.05, 0) is 18.5 Å². The minimum Gasteiger partial charge on any atom is -0.337 e. The van der Waals surface area contributed by atoms with Crippen molar-refractivity contribution in [3.05, 3.63) is 10.6 Å². The first-order valence-electron chi connectivity index (χ1n) is 5.45. The first-order chi connectivity index (χ1) is 7.79. The Kier molecular flexibility index (Phi) is 4.49. The largest absolute Gasteiger partial charge is 0.337 e. The minimum absolute atomic E-state index is 0.000847. The van der Waals surface area contributed by atoms with Crippen LogP contribution >= 0.6 is 23.1 Å². The zero-order chi connectivity index (χ0) is 13.2. The molecule has 0 aliphatic rings. The Morgan fingerprint density at radius 3 is 2.59 bits per heavy atom. The van der Waals surface area contributed by atoms with Crippen LogP contribution in [0.4, 0.5) is 0 Å². The van der Waals surface area contributed by atoms with Crippen LogP contribution in [0.1, 0.15) is 43.1 Å². The summed E-state index contributed by atoms with van der Waals surface area (Å²) in [6, 6.07) is -0.000847. The normalized spacial score (nSPS) is 13.5. The number of aromatic nitrogens is 2. The van der Waals surface area contributed by atoms with E-state index in [1.807, 2.05) is 27.7 Å². The summed E-state index contributed by atoms with van der Waals surface area (Å²) in [5.74, 6) is 0.359. The van der Waals surface area contributed by atoms with Crippen molar-refractivity contribution in [2.24, 2.45) is 0 Å². The van der Waals surface area contributed by atoms with Crippen molar-refractivity contribution in [3.8, 4) is 0 Å². The Bertz CT molecular complexity index is 400. The molecule has 0 N–H and O–H groups in total. The Morgan fingerprint density at radius 2 is 2.12 bits per heavy atom. The summed E-state index contributed by atoms with van der Waals surface area (Å²) in [4.78, 5) is 14.5. The molecule has 1 amide bonds. The van der Waals surface area contributed by atoms with E-state index in [0.29, 0.717) is 10.8 Å². The molecule has 0 saturated carbocycles. The number of nitrogens with zero attached hydrogens (tertiary/aromatic N) is 3. The van der Waals surface area contributed by atoms with Crippen LogP contribution < -0.4 is 0 Å². The SMILES string of the molecule is CC(CCl)N(C)C(=O)c1snnc1C(C)(C)C. The van der Waals surface area contributed by atoms with Crippen molar-refractivity contribution in [1.29, 1.82) is 0 Å². The average molecular weight is 276 g/mol. The molecule has 17 heavy (non-hydrogen) atoms. The van der Waals surface area contributed by atoms with E-state index in [2.05, 4.69) is 9.59 Å². The van der Waals surface area contributed by atoms with Crippen LogP contribution in [-0.2, 0) is 5.41 Å². The van der Waals surface area contributed by atoms with Gasteiger partial charge in [0.2, 0.25) is 0 Å². The Hall–Kier alpha value is -0.680. The molecule has 1 aromatic rings. The van der Waals surface area contributed by atoms with E-state index in [1.165, 1.54) is 0 Å². The molecule has 96 valence electrons. The molecule has 0 saturated heterocycles. The standard InChI is InChI=1S/C11H18ClN3OS/c1-7(6-12)15(5)10(16)8-9(11(2,3)4)13-14-17-8/h7H,6H2,1-5H3. The second kappa shape index (κ2) is 5.31. The topological polar surface area (TPSA) is 46.1 Å². The molecule has 0 radical (unpaired) electrons. The molecule has 0 fully saturated rings. The van der Waals surface area contributed by atoms with Gasteiger partial charge >= 0.3 is 0 Å². The number of rotatable bonds is 3. The highest BCUT2D eigenvalue weighted by Gasteiger charge is 2.29. The van der Waals surface area contributed by atoms with Crippen molar-refractivity contribution >= 4 is 29.0 Å². The predicted molar refractivity (Wildman–Crippen MR) is 70.9 cm³/mol. The van der Waals surface area contributed by atoms with E-state index in [1.54, 1.807) is 11.9 Å². The summed E-state index contributed by atoms with van der Waals surface area (Å²) < 4.78 is 3.89. The van der Waals surface area contributed by atoms with Crippen LogP contribution in [0.3, 0.4) is 0 Å². The molecule has 1 unspecified atom stereocenters. The van der Waals surface area contributed by atoms with Gasteiger partial charge in [-0.25, -0.2) is 0 Å². The average Bonchev–Trinajstić information content (AvgIpc) is 2.74. The number of hydrogen-bond donors (Lipinski definition) is 0. The van der Waals surface area contributed by atoms with Gasteiger partial charge in [0.05, 0.1) is 5.69 Å². The molecule has 1 heterocycles. The Morgan fingerprint density at radius 1 is 1.53 bits per heavy atom. The van der Waals surface area contributed by atoms with Gasteiger partial charge in [0.25, 0.3) is 5.91 Å². The van der Waals surface area contributed by atoms with Crippen LogP contribution in [0.25, 0.3) is 0 Å². The van der Waals surface area contributed by atoms with Crippen LogP contribution in [0.5, 0.6) is 0 Å². The maximum Gasteiger partial charge on any atom is 0.267 e. The van der Waals surface area contributed by atoms with Crippen LogP contribution in [0, 0.1) is 0 Å². The number of amides is 1. The summed E-state index contributed by atoms with van der Waals surface area (Å²) in [7, 11) is 1.75. The zero-order valence-corrected chi connectivity index (χ0v) is 12.4. The lowest BCUT2D eigenvalue weighted by Gasteiger charge is -2.24. The second-order valence-corrected chi connectivity index (χ2v) is 6.18. The summed E-state index contributed by atoms with van der Waals surface area (Å²) >= 11 is 6.91. The van der Waals surface area contributed by atoms with Gasteiger partial charge < -0.3 is 4.90 Å². The van der Waals surface area contributed by atoms with Gasteiger partial charge in [-0.2, -0.15) is 0 Å². The molecular weight excluding hydrogens is 258 g/mol. The molecule has 1 rings (SSSR count). The Labute approximate surface area is 111 Å². The van der Waals surface area contributed by atoms with Crippen LogP contribution in [0.2, 0.25) is 0 Å². The molecule has 0 aromatic carbocycles. The second-order valence-electron chi connectivity index (χ2n) is 5.12. The molecule has 0 aliphatic carbocycles. The molecule has 0 aliphatic heterocycles. The predicted octanol–water partition coefficient (Wildman–Crippen LogP) is 2.53. The highest BCUT2D eigenvalue weighted by atomic mass is 35.5. The fourth-order valence-electron chi connectivity index (χ4n) is 1.29. The van der Waals surface area contributed by atoms with Crippen LogP contribution in [-0.4, -0.2) is 39.4 Å². The van der Waals surface area contributed by atoms with Gasteiger partial charge in [-0.15, -0.1) is 16.7 Å². The number of carbonyl (C=O) groups is 1. The summed E-state index contributed by atoms with van der Waals surface area (Å²) in [6.07, 6.45) is 0. The first-order valence-corrected chi connectivity index (χ1v) is 6.75. The van der Waals surface area contributed by atoms with Crippen molar-refractivity contribution < 1.29 is 4.79 Å². The van der Waals surface area contributed by atoms with Gasteiger partial charge in [0, 0.05) is 24.4 Å². The number of halogens is 1. The fourth-order valence-corrected chi connectivity index (χ4v) is 2.35. The maximum atomic E-state index is 12.3. The summed E-state index contributed by atoms with van der Waals surface area (Å²) in [5.41, 5.74) is 0.573. The van der Waals surface area contributed by atoms with Crippen molar-refractivity contribution in [2.45, 2.75) is 39.2 Å². The zero-order valence-electron chi connectivity index (χ0n) is 10.8. The molecule has 4 nitrogen and oxygen atoms in total. The molecule has 6 heteroatoms. The third-order valence-corrected chi connectivity index (χ3v) is 3.76. The highest BCUT2D eigenvalue weighted by molar-refractivity contribution is 7.08. The number of carbonyl (C=O) groups excluding carboxylic acids is 1. The van der Waals surface area contributed by atoms with Crippen molar-refractivity contribution in [1.82, 2.24) is 14.5 Å². The minimum atomic E-state index is -0.178. The fraction of sp³-hybridized carbons (Fsp3) is 0.727. The van der Waals surface area contributed by atoms with E-state index >= 15 is 0 Å². The smallest absolute Gasteiger partial charge is 0.267 e. The van der Waals surface area contributed by atoms with Gasteiger partial charge in [0.15, 0.2) is 0 Å². The highest BCUT2D eigenvalue weighted by Crippen LogP contribution is 2.26. The van der Waals surface area contributed by atoms with Crippen molar-refractivity contribution in [3.63, 3.8) is 0 Å². The van der Waals surface area contributed by atoms with E-state index < -0.39 is 0 Å². The molecule has 0 bridgehead atoms. The first kappa shape index (κ1) is 14.4. The van der Waals surface area contributed by atoms with Gasteiger partial charge in [-0.1, -0.05) is 25.3 Å². The molecule has 1 atom stereocenters. The van der Waals surface area contributed by atoms with E-state index in [0.717, 1.165) is 17.2 Å². The lowest BCUT2D eigenvalue weighted by molar-refractivity contribution is 0.0759. The van der Waals surface area contributed by atoms with E-state index in [4.69, 9.17) is 11.6 Å². The lowest BCUT2D eigenvalue weighted by Crippen LogP contribution is -2.36. The lowest BCUT2D eigenvalue weighted by atomic mass is 9.91. The summed E-state index contributed by atoms with van der Waals surface area (Å²) in [5, 5.41) is 4.06. The van der Waals surface area contributed by atoms with E-state index in [9.17, 15) is 4.79 Å². The van der Waals surface area contributed by atoms with E-state index in [-0.39, 0.29) is 17.4 Å². The molecule has 1 aromatic heterocycles. The quantitative estimate of drug-likeness (QED) is 0.797. The molecule has 0 spiro atoms.